The monoisotopic (exact) mass is 1350 g/mol. The lowest BCUT2D eigenvalue weighted by molar-refractivity contribution is -0.161. The van der Waals surface area contributed by atoms with Crippen LogP contribution in [-0.2, 0) is 65.4 Å². The maximum absolute atomic E-state index is 13.1. The average Bonchev–Trinajstić information content (AvgIpc) is 2.07. The van der Waals surface area contributed by atoms with Gasteiger partial charge < -0.3 is 33.8 Å². The summed E-state index contributed by atoms with van der Waals surface area (Å²) in [6.07, 6.45) is 57.4. The lowest BCUT2D eigenvalue weighted by atomic mass is 10.0. The second-order valence-electron chi connectivity index (χ2n) is 26.3. The summed E-state index contributed by atoms with van der Waals surface area (Å²) in [4.78, 5) is 72.3. The Kier molecular flexibility index (Phi) is 66.2. The van der Waals surface area contributed by atoms with Crippen molar-refractivity contribution in [2.24, 2.45) is 0 Å². The fourth-order valence-corrected chi connectivity index (χ4v) is 12.8. The van der Waals surface area contributed by atoms with Gasteiger partial charge in [-0.25, -0.2) is 9.13 Å². The highest BCUT2D eigenvalue weighted by atomic mass is 31.2. The molecule has 0 aromatic carbocycles. The smallest absolute Gasteiger partial charge is 0.462 e. The standard InChI is InChI=1S/C73H142O17P2/c1-5-9-13-17-20-23-26-28-30-32-33-34-35-36-38-40-42-45-48-52-56-60-73(78)90-69(64-84-71(76)58-54-50-46-44-41-39-37-31-29-27-24-21-18-14-10-6-2)66-88-92(81,82)86-62-67(74)61-85-91(79,80)87-65-68(63-83-70(75)57-53-49-16-12-8-4)89-72(77)59-55-51-47-43-25-22-19-15-11-7-3/h67-69,74H,5-66H2,1-4H3,(H,79,80)(H,81,82)/t67-,68+,69+/m0/s1. The highest BCUT2D eigenvalue weighted by Gasteiger charge is 2.30. The Morgan fingerprint density at radius 2 is 0.435 bits per heavy atom. The number of ether oxygens (including phenoxy) is 4. The summed E-state index contributed by atoms with van der Waals surface area (Å²) in [6.45, 7) is 4.87. The fraction of sp³-hybridized carbons (Fsp3) is 0.945. The number of aliphatic hydroxyl groups excluding tert-OH is 1. The van der Waals surface area contributed by atoms with Crippen molar-refractivity contribution < 1.29 is 80.2 Å². The number of rotatable bonds is 74. The molecule has 0 aliphatic carbocycles. The molecule has 0 rings (SSSR count). The second-order valence-corrected chi connectivity index (χ2v) is 29.2. The van der Waals surface area contributed by atoms with Gasteiger partial charge in [0.1, 0.15) is 19.3 Å². The molecule has 0 spiro atoms. The predicted molar refractivity (Wildman–Crippen MR) is 372 cm³/mol. The highest BCUT2D eigenvalue weighted by Crippen LogP contribution is 2.45. The number of carbonyl (C=O) groups excluding carboxylic acids is 4. The molecule has 5 atom stereocenters. The number of carbonyl (C=O) groups is 4. The molecule has 0 heterocycles. The molecule has 0 radical (unpaired) electrons. The molecule has 0 aliphatic rings. The van der Waals surface area contributed by atoms with Crippen LogP contribution in [0.25, 0.3) is 0 Å². The Hall–Kier alpha value is -1.94. The van der Waals surface area contributed by atoms with E-state index in [0.29, 0.717) is 25.7 Å². The lowest BCUT2D eigenvalue weighted by Gasteiger charge is -2.21. The topological polar surface area (TPSA) is 237 Å². The number of hydrogen-bond acceptors (Lipinski definition) is 15. The van der Waals surface area contributed by atoms with E-state index in [4.69, 9.17) is 37.0 Å². The first-order valence-corrected chi connectivity index (χ1v) is 41.3. The minimum Gasteiger partial charge on any atom is -0.462 e. The first kappa shape index (κ1) is 90.1. The van der Waals surface area contributed by atoms with Crippen LogP contribution < -0.4 is 0 Å². The Bertz CT molecular complexity index is 1760. The number of unbranched alkanes of at least 4 members (excludes halogenated alkanes) is 48. The normalized spacial score (nSPS) is 13.9. The number of hydrogen-bond donors (Lipinski definition) is 3. The molecule has 19 heteroatoms. The maximum Gasteiger partial charge on any atom is 0.472 e. The third-order valence-corrected chi connectivity index (χ3v) is 19.0. The highest BCUT2D eigenvalue weighted by molar-refractivity contribution is 7.47. The van der Waals surface area contributed by atoms with Crippen molar-refractivity contribution in [3.63, 3.8) is 0 Å². The molecule has 92 heavy (non-hydrogen) atoms. The Labute approximate surface area is 562 Å². The number of phosphoric acid groups is 2. The molecule has 0 saturated heterocycles. The average molecular weight is 1350 g/mol. The zero-order chi connectivity index (χ0) is 67.5. The largest absolute Gasteiger partial charge is 0.472 e. The Morgan fingerprint density at radius 3 is 0.641 bits per heavy atom. The lowest BCUT2D eigenvalue weighted by Crippen LogP contribution is -2.30. The number of esters is 4. The van der Waals surface area contributed by atoms with Gasteiger partial charge in [-0.1, -0.05) is 336 Å². The van der Waals surface area contributed by atoms with Crippen LogP contribution in [0.15, 0.2) is 0 Å². The SMILES string of the molecule is CCCCCCCCCCCCCCCCCCCCCCCC(=O)O[C@H](COC(=O)CCCCCCCCCCCCCCCCCC)COP(=O)(O)OC[C@@H](O)COP(=O)(O)OC[C@@H](COC(=O)CCCCCCC)OC(=O)CCCCCCCCCCCC. The van der Waals surface area contributed by atoms with Crippen molar-refractivity contribution in [2.75, 3.05) is 39.6 Å². The van der Waals surface area contributed by atoms with E-state index in [9.17, 15) is 43.2 Å². The van der Waals surface area contributed by atoms with E-state index < -0.39 is 97.5 Å². The molecule has 0 bridgehead atoms. The summed E-state index contributed by atoms with van der Waals surface area (Å²) in [5.74, 6) is -2.13. The molecule has 2 unspecified atom stereocenters. The first-order chi connectivity index (χ1) is 44.7. The molecule has 0 amide bonds. The van der Waals surface area contributed by atoms with Gasteiger partial charge in [0, 0.05) is 25.7 Å². The molecular formula is C73H142O17P2. The number of aliphatic hydroxyl groups is 1. The van der Waals surface area contributed by atoms with Crippen molar-refractivity contribution in [3.8, 4) is 0 Å². The van der Waals surface area contributed by atoms with Crippen molar-refractivity contribution in [2.45, 2.75) is 406 Å². The summed E-state index contributed by atoms with van der Waals surface area (Å²) in [5, 5.41) is 10.6. The van der Waals surface area contributed by atoms with E-state index in [2.05, 4.69) is 27.7 Å². The third kappa shape index (κ3) is 66.7. The third-order valence-electron chi connectivity index (χ3n) is 17.1. The van der Waals surface area contributed by atoms with Gasteiger partial charge in [0.25, 0.3) is 0 Å². The van der Waals surface area contributed by atoms with Crippen LogP contribution in [-0.4, -0.2) is 96.7 Å². The van der Waals surface area contributed by atoms with Crippen LogP contribution in [0.2, 0.25) is 0 Å². The molecule has 0 aromatic heterocycles. The van der Waals surface area contributed by atoms with Crippen LogP contribution >= 0.6 is 15.6 Å². The van der Waals surface area contributed by atoms with E-state index >= 15 is 0 Å². The quantitative estimate of drug-likeness (QED) is 0.0222. The van der Waals surface area contributed by atoms with Crippen LogP contribution in [0.1, 0.15) is 387 Å². The second kappa shape index (κ2) is 67.6. The summed E-state index contributed by atoms with van der Waals surface area (Å²) < 4.78 is 68.1. The van der Waals surface area contributed by atoms with E-state index in [1.165, 1.54) is 212 Å². The van der Waals surface area contributed by atoms with E-state index in [-0.39, 0.29) is 25.7 Å². The van der Waals surface area contributed by atoms with Crippen LogP contribution in [0.5, 0.6) is 0 Å². The molecule has 0 aromatic rings. The number of phosphoric ester groups is 2. The maximum atomic E-state index is 13.1. The zero-order valence-electron chi connectivity index (χ0n) is 59.5. The van der Waals surface area contributed by atoms with Gasteiger partial charge in [-0.2, -0.15) is 0 Å². The van der Waals surface area contributed by atoms with Crippen molar-refractivity contribution >= 4 is 39.5 Å². The van der Waals surface area contributed by atoms with Gasteiger partial charge in [-0.05, 0) is 25.7 Å². The van der Waals surface area contributed by atoms with Crippen molar-refractivity contribution in [1.82, 2.24) is 0 Å². The first-order valence-electron chi connectivity index (χ1n) is 38.3. The van der Waals surface area contributed by atoms with Gasteiger partial charge >= 0.3 is 39.5 Å². The molecule has 0 saturated carbocycles. The molecular weight excluding hydrogens is 1210 g/mol. The van der Waals surface area contributed by atoms with Gasteiger partial charge in [0.05, 0.1) is 26.4 Å². The van der Waals surface area contributed by atoms with E-state index in [1.54, 1.807) is 0 Å². The molecule has 17 nitrogen and oxygen atoms in total. The van der Waals surface area contributed by atoms with Crippen LogP contribution in [0, 0.1) is 0 Å². The molecule has 0 aliphatic heterocycles. The summed E-state index contributed by atoms with van der Waals surface area (Å²) in [7, 11) is -9.89. The van der Waals surface area contributed by atoms with Crippen molar-refractivity contribution in [1.29, 1.82) is 0 Å². The van der Waals surface area contributed by atoms with E-state index in [0.717, 1.165) is 96.3 Å². The van der Waals surface area contributed by atoms with Crippen molar-refractivity contribution in [3.05, 3.63) is 0 Å². The molecule has 0 fully saturated rings. The Morgan fingerprint density at radius 1 is 0.261 bits per heavy atom. The predicted octanol–water partition coefficient (Wildman–Crippen LogP) is 21.4. The minimum absolute atomic E-state index is 0.106. The minimum atomic E-state index is -4.95. The van der Waals surface area contributed by atoms with Crippen LogP contribution in [0.3, 0.4) is 0 Å². The summed E-state index contributed by atoms with van der Waals surface area (Å²) in [5.41, 5.74) is 0. The zero-order valence-corrected chi connectivity index (χ0v) is 61.3. The van der Waals surface area contributed by atoms with Gasteiger partial charge in [0.2, 0.25) is 0 Å². The van der Waals surface area contributed by atoms with Crippen LogP contribution in [0.4, 0.5) is 0 Å². The fourth-order valence-electron chi connectivity index (χ4n) is 11.2. The van der Waals surface area contributed by atoms with Gasteiger partial charge in [-0.3, -0.25) is 37.3 Å². The van der Waals surface area contributed by atoms with Gasteiger partial charge in [0.15, 0.2) is 12.2 Å². The van der Waals surface area contributed by atoms with Gasteiger partial charge in [-0.15, -0.1) is 0 Å². The van der Waals surface area contributed by atoms with E-state index in [1.807, 2.05) is 0 Å². The summed E-state index contributed by atoms with van der Waals surface area (Å²) >= 11 is 0. The Balaban J connectivity index is 5.11. The molecule has 546 valence electrons. The molecule has 3 N–H and O–H groups in total. The summed E-state index contributed by atoms with van der Waals surface area (Å²) in [6, 6.07) is 0.